The summed E-state index contributed by atoms with van der Waals surface area (Å²) >= 11 is 0. The van der Waals surface area contributed by atoms with Crippen molar-refractivity contribution in [2.24, 2.45) is 5.92 Å². The molecule has 1 heterocycles. The molecule has 0 saturated carbocycles. The quantitative estimate of drug-likeness (QED) is 0.743. The molecule has 1 nitrogen and oxygen atoms in total. The normalized spacial score (nSPS) is 25.2. The number of allylic oxidation sites excluding steroid dienone is 1. The van der Waals surface area contributed by atoms with E-state index >= 15 is 0 Å². The lowest BCUT2D eigenvalue weighted by Crippen LogP contribution is -2.21. The monoisotopic (exact) mass is 240 g/mol. The van der Waals surface area contributed by atoms with E-state index in [-0.39, 0.29) is 5.60 Å². The van der Waals surface area contributed by atoms with Crippen molar-refractivity contribution in [2.45, 2.75) is 39.2 Å². The standard InChI is InChI=1S/C17H20O/c1-12(2)14-10-13-6-4-7-16(15(13)11-14)17(3)8-5-9-18-17/h4-7,9,11-12H,8,10H2,1-3H3. The van der Waals surface area contributed by atoms with Gasteiger partial charge in [-0.15, -0.1) is 0 Å². The van der Waals surface area contributed by atoms with Crippen LogP contribution >= 0.6 is 0 Å². The molecule has 0 amide bonds. The van der Waals surface area contributed by atoms with E-state index in [2.05, 4.69) is 51.1 Å². The highest BCUT2D eigenvalue weighted by atomic mass is 16.5. The molecule has 1 aliphatic heterocycles. The largest absolute Gasteiger partial charge is 0.490 e. The molecule has 1 unspecified atom stereocenters. The van der Waals surface area contributed by atoms with Crippen LogP contribution < -0.4 is 0 Å². The third-order valence-electron chi connectivity index (χ3n) is 4.16. The van der Waals surface area contributed by atoms with Crippen LogP contribution in [0.4, 0.5) is 0 Å². The smallest absolute Gasteiger partial charge is 0.134 e. The van der Waals surface area contributed by atoms with Crippen LogP contribution in [-0.4, -0.2) is 0 Å². The zero-order chi connectivity index (χ0) is 12.8. The third-order valence-corrected chi connectivity index (χ3v) is 4.16. The minimum Gasteiger partial charge on any atom is -0.490 e. The number of hydrogen-bond acceptors (Lipinski definition) is 1. The van der Waals surface area contributed by atoms with Crippen LogP contribution in [0.5, 0.6) is 0 Å². The zero-order valence-corrected chi connectivity index (χ0v) is 11.4. The van der Waals surface area contributed by atoms with Gasteiger partial charge in [0.2, 0.25) is 0 Å². The fraction of sp³-hybridized carbons (Fsp3) is 0.412. The van der Waals surface area contributed by atoms with Gasteiger partial charge in [-0.1, -0.05) is 43.7 Å². The van der Waals surface area contributed by atoms with Gasteiger partial charge in [-0.2, -0.15) is 0 Å². The van der Waals surface area contributed by atoms with E-state index in [1.165, 1.54) is 22.3 Å². The Balaban J connectivity index is 2.06. The Morgan fingerprint density at radius 3 is 2.78 bits per heavy atom. The van der Waals surface area contributed by atoms with E-state index in [0.29, 0.717) is 5.92 Å². The van der Waals surface area contributed by atoms with Gasteiger partial charge in [0.25, 0.3) is 0 Å². The Kier molecular flexibility index (Phi) is 2.58. The van der Waals surface area contributed by atoms with E-state index < -0.39 is 0 Å². The van der Waals surface area contributed by atoms with Crippen molar-refractivity contribution in [1.82, 2.24) is 0 Å². The van der Waals surface area contributed by atoms with Gasteiger partial charge in [-0.3, -0.25) is 0 Å². The maximum absolute atomic E-state index is 5.84. The first-order valence-electron chi connectivity index (χ1n) is 6.76. The van der Waals surface area contributed by atoms with Gasteiger partial charge < -0.3 is 4.74 Å². The molecular formula is C17H20O. The minimum atomic E-state index is -0.172. The second kappa shape index (κ2) is 4.01. The van der Waals surface area contributed by atoms with Crippen LogP contribution in [0.15, 0.2) is 36.1 Å². The molecule has 0 aromatic heterocycles. The summed E-state index contributed by atoms with van der Waals surface area (Å²) in [4.78, 5) is 0. The minimum absolute atomic E-state index is 0.172. The van der Waals surface area contributed by atoms with Crippen molar-refractivity contribution < 1.29 is 4.74 Å². The Hall–Kier alpha value is -1.50. The molecule has 1 heteroatoms. The summed E-state index contributed by atoms with van der Waals surface area (Å²) in [5, 5.41) is 0. The third kappa shape index (κ3) is 1.69. The van der Waals surface area contributed by atoms with Gasteiger partial charge in [0, 0.05) is 12.0 Å². The number of rotatable bonds is 2. The van der Waals surface area contributed by atoms with E-state index in [4.69, 9.17) is 4.74 Å². The fourth-order valence-corrected chi connectivity index (χ4v) is 2.92. The highest BCUT2D eigenvalue weighted by molar-refractivity contribution is 5.68. The number of benzene rings is 1. The Bertz CT molecular complexity index is 527. The van der Waals surface area contributed by atoms with E-state index in [1.54, 1.807) is 0 Å². The lowest BCUT2D eigenvalue weighted by atomic mass is 9.88. The lowest BCUT2D eigenvalue weighted by Gasteiger charge is -2.26. The van der Waals surface area contributed by atoms with Crippen molar-refractivity contribution in [3.8, 4) is 0 Å². The Morgan fingerprint density at radius 2 is 2.11 bits per heavy atom. The van der Waals surface area contributed by atoms with Gasteiger partial charge in [-0.05, 0) is 36.5 Å². The molecule has 0 spiro atoms. The molecule has 0 N–H and O–H groups in total. The average molecular weight is 240 g/mol. The summed E-state index contributed by atoms with van der Waals surface area (Å²) in [5.74, 6) is 0.626. The zero-order valence-electron chi connectivity index (χ0n) is 11.4. The van der Waals surface area contributed by atoms with Gasteiger partial charge in [0.15, 0.2) is 0 Å². The van der Waals surface area contributed by atoms with Crippen LogP contribution in [0, 0.1) is 5.92 Å². The second-order valence-corrected chi connectivity index (χ2v) is 5.85. The predicted molar refractivity (Wildman–Crippen MR) is 75.2 cm³/mol. The van der Waals surface area contributed by atoms with E-state index in [0.717, 1.165) is 12.8 Å². The molecular weight excluding hydrogens is 220 g/mol. The van der Waals surface area contributed by atoms with Gasteiger partial charge in [-0.25, -0.2) is 0 Å². The van der Waals surface area contributed by atoms with Gasteiger partial charge in [0.05, 0.1) is 6.26 Å². The van der Waals surface area contributed by atoms with Crippen LogP contribution in [0.3, 0.4) is 0 Å². The van der Waals surface area contributed by atoms with Crippen molar-refractivity contribution in [3.63, 3.8) is 0 Å². The first-order chi connectivity index (χ1) is 8.60. The number of hydrogen-bond donors (Lipinski definition) is 0. The summed E-state index contributed by atoms with van der Waals surface area (Å²) in [6.45, 7) is 6.73. The summed E-state index contributed by atoms with van der Waals surface area (Å²) in [6.07, 6.45) is 8.39. The van der Waals surface area contributed by atoms with Gasteiger partial charge >= 0.3 is 0 Å². The molecule has 1 aromatic rings. The van der Waals surface area contributed by atoms with Crippen molar-refractivity contribution in [2.75, 3.05) is 0 Å². The van der Waals surface area contributed by atoms with E-state index in [1.807, 2.05) is 6.26 Å². The molecule has 0 saturated heterocycles. The van der Waals surface area contributed by atoms with E-state index in [9.17, 15) is 0 Å². The van der Waals surface area contributed by atoms with Crippen molar-refractivity contribution in [1.29, 1.82) is 0 Å². The number of ether oxygens (including phenoxy) is 1. The van der Waals surface area contributed by atoms with Crippen LogP contribution in [0.2, 0.25) is 0 Å². The van der Waals surface area contributed by atoms with Crippen molar-refractivity contribution in [3.05, 3.63) is 52.8 Å². The molecule has 1 aliphatic carbocycles. The molecule has 2 aliphatic rings. The molecule has 94 valence electrons. The SMILES string of the molecule is CC(C)C1=Cc2c(cccc2C2(C)CC=CO2)C1. The molecule has 1 atom stereocenters. The van der Waals surface area contributed by atoms with Crippen molar-refractivity contribution >= 4 is 6.08 Å². The van der Waals surface area contributed by atoms with Crippen LogP contribution in [0.25, 0.3) is 6.08 Å². The topological polar surface area (TPSA) is 9.23 Å². The average Bonchev–Trinajstić information content (AvgIpc) is 2.94. The highest BCUT2D eigenvalue weighted by Crippen LogP contribution is 2.41. The first kappa shape index (κ1) is 11.6. The Labute approximate surface area is 109 Å². The molecule has 1 aromatic carbocycles. The predicted octanol–water partition coefficient (Wildman–Crippen LogP) is 4.43. The maximum atomic E-state index is 5.84. The van der Waals surface area contributed by atoms with Crippen LogP contribution in [0.1, 0.15) is 43.9 Å². The summed E-state index contributed by atoms with van der Waals surface area (Å²) in [5.41, 5.74) is 5.54. The van der Waals surface area contributed by atoms with Crippen LogP contribution in [-0.2, 0) is 16.8 Å². The summed E-state index contributed by atoms with van der Waals surface area (Å²) in [6, 6.07) is 6.63. The van der Waals surface area contributed by atoms with Gasteiger partial charge in [0.1, 0.15) is 5.60 Å². The number of fused-ring (bicyclic) bond motifs is 1. The molecule has 0 bridgehead atoms. The molecule has 18 heavy (non-hydrogen) atoms. The molecule has 0 radical (unpaired) electrons. The summed E-state index contributed by atoms with van der Waals surface area (Å²) < 4.78 is 5.84. The Morgan fingerprint density at radius 1 is 1.28 bits per heavy atom. The second-order valence-electron chi connectivity index (χ2n) is 5.85. The lowest BCUT2D eigenvalue weighted by molar-refractivity contribution is 0.0607. The maximum Gasteiger partial charge on any atom is 0.134 e. The fourth-order valence-electron chi connectivity index (χ4n) is 2.92. The summed E-state index contributed by atoms with van der Waals surface area (Å²) in [7, 11) is 0. The first-order valence-corrected chi connectivity index (χ1v) is 6.76. The molecule has 3 rings (SSSR count). The highest BCUT2D eigenvalue weighted by Gasteiger charge is 2.33. The molecule has 0 fully saturated rings.